The zero-order valence-corrected chi connectivity index (χ0v) is 11.8. The first-order chi connectivity index (χ1) is 8.73. The molecule has 0 aliphatic carbocycles. The van der Waals surface area contributed by atoms with Crippen molar-refractivity contribution in [3.8, 4) is 0 Å². The fourth-order valence-corrected chi connectivity index (χ4v) is 1.10. The van der Waals surface area contributed by atoms with Crippen LogP contribution < -0.4 is 16.0 Å². The second kappa shape index (κ2) is 8.34. The van der Waals surface area contributed by atoms with Crippen molar-refractivity contribution in [2.75, 3.05) is 13.1 Å². The van der Waals surface area contributed by atoms with Gasteiger partial charge in [-0.25, -0.2) is 4.79 Å². The Bertz CT molecular complexity index is 331. The Kier molecular flexibility index (Phi) is 7.55. The quantitative estimate of drug-likeness (QED) is 0.530. The molecular weight excluding hydrogens is 250 g/mol. The Morgan fingerprint density at radius 1 is 1.00 bits per heavy atom. The second-order valence-electron chi connectivity index (χ2n) is 4.95. The number of urea groups is 1. The van der Waals surface area contributed by atoms with Crippen LogP contribution in [0, 0.1) is 11.8 Å². The zero-order chi connectivity index (χ0) is 15.0. The van der Waals surface area contributed by atoms with Crippen LogP contribution in [-0.4, -0.2) is 42.1 Å². The summed E-state index contributed by atoms with van der Waals surface area (Å²) >= 11 is 0. The van der Waals surface area contributed by atoms with E-state index in [9.17, 15) is 14.4 Å². The van der Waals surface area contributed by atoms with E-state index in [1.165, 1.54) is 6.92 Å². The summed E-state index contributed by atoms with van der Waals surface area (Å²) in [5.41, 5.74) is 0. The Balaban J connectivity index is 3.98. The van der Waals surface area contributed by atoms with Gasteiger partial charge in [0.2, 0.25) is 5.91 Å². The highest BCUT2D eigenvalue weighted by molar-refractivity contribution is 5.86. The molecule has 3 amide bonds. The molecule has 2 unspecified atom stereocenters. The molecule has 0 saturated heterocycles. The van der Waals surface area contributed by atoms with Gasteiger partial charge in [0, 0.05) is 13.1 Å². The molecule has 4 N–H and O–H groups in total. The molecule has 0 aromatic heterocycles. The number of carboxylic acid groups (broad SMARTS) is 1. The van der Waals surface area contributed by atoms with Crippen molar-refractivity contribution < 1.29 is 19.5 Å². The lowest BCUT2D eigenvalue weighted by Crippen LogP contribution is -2.49. The number of carbonyl (C=O) groups is 3. The Morgan fingerprint density at radius 2 is 1.58 bits per heavy atom. The maximum Gasteiger partial charge on any atom is 0.315 e. The predicted octanol–water partition coefficient (Wildman–Crippen LogP) is 0.167. The molecule has 19 heavy (non-hydrogen) atoms. The van der Waals surface area contributed by atoms with Gasteiger partial charge in [-0.05, 0) is 12.8 Å². The monoisotopic (exact) mass is 273 g/mol. The van der Waals surface area contributed by atoms with Crippen molar-refractivity contribution in [2.24, 2.45) is 11.8 Å². The molecule has 0 saturated carbocycles. The fraction of sp³-hybridized carbons (Fsp3) is 0.750. The topological polar surface area (TPSA) is 108 Å². The minimum absolute atomic E-state index is 0.0154. The summed E-state index contributed by atoms with van der Waals surface area (Å²) in [7, 11) is 0. The third-order valence-electron chi connectivity index (χ3n) is 2.42. The molecule has 0 aromatic rings. The summed E-state index contributed by atoms with van der Waals surface area (Å²) in [4.78, 5) is 33.6. The number of hydrogen-bond donors (Lipinski definition) is 4. The van der Waals surface area contributed by atoms with E-state index in [0.717, 1.165) is 0 Å². The molecule has 7 heteroatoms. The van der Waals surface area contributed by atoms with E-state index in [1.807, 2.05) is 13.8 Å². The highest BCUT2D eigenvalue weighted by atomic mass is 16.4. The SMILES string of the molecule is CC(C)CNC(=O)C(C)NC(=O)NCC(C)C(=O)O. The van der Waals surface area contributed by atoms with Crippen LogP contribution in [0.25, 0.3) is 0 Å². The Morgan fingerprint density at radius 3 is 2.05 bits per heavy atom. The molecule has 0 rings (SSSR count). The van der Waals surface area contributed by atoms with Crippen LogP contribution in [-0.2, 0) is 9.59 Å². The maximum absolute atomic E-state index is 11.6. The number of carboxylic acids is 1. The molecule has 110 valence electrons. The van der Waals surface area contributed by atoms with E-state index in [-0.39, 0.29) is 12.5 Å². The maximum atomic E-state index is 11.6. The number of nitrogens with one attached hydrogen (secondary N) is 3. The van der Waals surface area contributed by atoms with E-state index in [4.69, 9.17) is 5.11 Å². The average molecular weight is 273 g/mol. The molecule has 0 aromatic carbocycles. The summed E-state index contributed by atoms with van der Waals surface area (Å²) in [6.45, 7) is 7.55. The minimum atomic E-state index is -0.983. The lowest BCUT2D eigenvalue weighted by molar-refractivity contribution is -0.140. The minimum Gasteiger partial charge on any atom is -0.481 e. The molecule has 0 fully saturated rings. The highest BCUT2D eigenvalue weighted by Crippen LogP contribution is 1.92. The zero-order valence-electron chi connectivity index (χ0n) is 11.8. The van der Waals surface area contributed by atoms with Crippen LogP contribution in [0.2, 0.25) is 0 Å². The van der Waals surface area contributed by atoms with Crippen LogP contribution in [0.5, 0.6) is 0 Å². The van der Waals surface area contributed by atoms with E-state index in [2.05, 4.69) is 16.0 Å². The van der Waals surface area contributed by atoms with Crippen LogP contribution in [0.1, 0.15) is 27.7 Å². The van der Waals surface area contributed by atoms with Crippen molar-refractivity contribution in [3.63, 3.8) is 0 Å². The standard InChI is InChI=1S/C12H23N3O4/c1-7(2)5-13-10(16)9(4)15-12(19)14-6-8(3)11(17)18/h7-9H,5-6H2,1-4H3,(H,13,16)(H,17,18)(H2,14,15,19). The number of rotatable bonds is 7. The molecule has 0 bridgehead atoms. The predicted molar refractivity (Wildman–Crippen MR) is 70.6 cm³/mol. The van der Waals surface area contributed by atoms with Crippen LogP contribution in [0.3, 0.4) is 0 Å². The number of amides is 3. The first-order valence-corrected chi connectivity index (χ1v) is 6.29. The van der Waals surface area contributed by atoms with Gasteiger partial charge in [0.05, 0.1) is 5.92 Å². The average Bonchev–Trinajstić information content (AvgIpc) is 2.32. The lowest BCUT2D eigenvalue weighted by Gasteiger charge is -2.16. The van der Waals surface area contributed by atoms with Gasteiger partial charge in [0.1, 0.15) is 6.04 Å². The molecule has 0 spiro atoms. The summed E-state index contributed by atoms with van der Waals surface area (Å²) in [5, 5.41) is 16.2. The number of carbonyl (C=O) groups excluding carboxylic acids is 2. The Labute approximate surface area is 113 Å². The lowest BCUT2D eigenvalue weighted by atomic mass is 10.2. The smallest absolute Gasteiger partial charge is 0.315 e. The van der Waals surface area contributed by atoms with E-state index >= 15 is 0 Å². The van der Waals surface area contributed by atoms with Crippen molar-refractivity contribution in [1.29, 1.82) is 0 Å². The van der Waals surface area contributed by atoms with Crippen molar-refractivity contribution in [3.05, 3.63) is 0 Å². The van der Waals surface area contributed by atoms with Crippen LogP contribution in [0.15, 0.2) is 0 Å². The molecule has 0 aliphatic rings. The third-order valence-corrected chi connectivity index (χ3v) is 2.42. The summed E-state index contributed by atoms with van der Waals surface area (Å²) < 4.78 is 0. The van der Waals surface area contributed by atoms with E-state index in [1.54, 1.807) is 6.92 Å². The molecular formula is C12H23N3O4. The van der Waals surface area contributed by atoms with Gasteiger partial charge in [-0.1, -0.05) is 20.8 Å². The van der Waals surface area contributed by atoms with Gasteiger partial charge >= 0.3 is 12.0 Å². The van der Waals surface area contributed by atoms with Gasteiger partial charge in [-0.3, -0.25) is 9.59 Å². The fourth-order valence-electron chi connectivity index (χ4n) is 1.10. The van der Waals surface area contributed by atoms with Gasteiger partial charge in [0.25, 0.3) is 0 Å². The van der Waals surface area contributed by atoms with Crippen LogP contribution in [0.4, 0.5) is 4.79 Å². The van der Waals surface area contributed by atoms with E-state index < -0.39 is 24.0 Å². The highest BCUT2D eigenvalue weighted by Gasteiger charge is 2.17. The molecule has 2 atom stereocenters. The Hall–Kier alpha value is -1.79. The molecule has 7 nitrogen and oxygen atoms in total. The van der Waals surface area contributed by atoms with E-state index in [0.29, 0.717) is 12.5 Å². The van der Waals surface area contributed by atoms with Gasteiger partial charge in [-0.15, -0.1) is 0 Å². The van der Waals surface area contributed by atoms with Crippen molar-refractivity contribution in [1.82, 2.24) is 16.0 Å². The molecule has 0 radical (unpaired) electrons. The first-order valence-electron chi connectivity index (χ1n) is 6.29. The van der Waals surface area contributed by atoms with Crippen molar-refractivity contribution >= 4 is 17.9 Å². The summed E-state index contributed by atoms with van der Waals surface area (Å²) in [6, 6.07) is -1.22. The first kappa shape index (κ1) is 17.2. The largest absolute Gasteiger partial charge is 0.481 e. The molecule has 0 heterocycles. The van der Waals surface area contributed by atoms with Crippen molar-refractivity contribution in [2.45, 2.75) is 33.7 Å². The number of hydrogen-bond acceptors (Lipinski definition) is 3. The summed E-state index contributed by atoms with van der Waals surface area (Å²) in [6.07, 6.45) is 0. The second-order valence-corrected chi connectivity index (χ2v) is 4.95. The van der Waals surface area contributed by atoms with Gasteiger partial charge in [-0.2, -0.15) is 0 Å². The third kappa shape index (κ3) is 8.01. The number of aliphatic carboxylic acids is 1. The van der Waals surface area contributed by atoms with Gasteiger partial charge < -0.3 is 21.1 Å². The van der Waals surface area contributed by atoms with Crippen LogP contribution >= 0.6 is 0 Å². The molecule has 0 aliphatic heterocycles. The van der Waals surface area contributed by atoms with Gasteiger partial charge in [0.15, 0.2) is 0 Å². The summed E-state index contributed by atoms with van der Waals surface area (Å²) in [5.74, 6) is -1.59. The normalized spacial score (nSPS) is 13.5.